The Balaban J connectivity index is 1.67. The zero-order valence-electron chi connectivity index (χ0n) is 17.2. The first-order valence-corrected chi connectivity index (χ1v) is 10.3. The van der Waals surface area contributed by atoms with Crippen LogP contribution in [0, 0.1) is 0 Å². The van der Waals surface area contributed by atoms with Crippen LogP contribution in [0.25, 0.3) is 21.5 Å². The lowest BCUT2D eigenvalue weighted by Gasteiger charge is -2.25. The second kappa shape index (κ2) is 8.35. The Labute approximate surface area is 179 Å². The molecule has 31 heavy (non-hydrogen) atoms. The minimum Gasteiger partial charge on any atom is -0.391 e. The lowest BCUT2D eigenvalue weighted by atomic mass is 9.92. The fraction of sp³-hybridized carbons (Fsp3) is 0.292. The molecule has 3 aromatic rings. The van der Waals surface area contributed by atoms with Crippen molar-refractivity contribution < 1.29 is 19.5 Å². The van der Waals surface area contributed by atoms with E-state index in [4.69, 9.17) is 5.73 Å². The third-order valence-electron chi connectivity index (χ3n) is 5.94. The van der Waals surface area contributed by atoms with Gasteiger partial charge in [0.25, 0.3) is 0 Å². The van der Waals surface area contributed by atoms with E-state index in [1.807, 2.05) is 48.5 Å². The van der Waals surface area contributed by atoms with Gasteiger partial charge in [-0.1, -0.05) is 48.5 Å². The number of rotatable bonds is 5. The van der Waals surface area contributed by atoms with Gasteiger partial charge in [-0.3, -0.25) is 14.4 Å². The Morgan fingerprint density at radius 1 is 1.10 bits per heavy atom. The fourth-order valence-corrected chi connectivity index (χ4v) is 4.43. The fourth-order valence-electron chi connectivity index (χ4n) is 4.43. The van der Waals surface area contributed by atoms with Gasteiger partial charge in [0.05, 0.1) is 6.10 Å². The molecule has 1 saturated heterocycles. The molecule has 3 aromatic carbocycles. The summed E-state index contributed by atoms with van der Waals surface area (Å²) in [7, 11) is 0. The van der Waals surface area contributed by atoms with Crippen molar-refractivity contribution in [2.45, 2.75) is 38.0 Å². The number of nitrogens with two attached hydrogens (primary N) is 1. The van der Waals surface area contributed by atoms with Gasteiger partial charge in [0.2, 0.25) is 17.7 Å². The van der Waals surface area contributed by atoms with Crippen LogP contribution < -0.4 is 11.1 Å². The molecule has 4 N–H and O–H groups in total. The maximum Gasteiger partial charge on any atom is 0.243 e. The van der Waals surface area contributed by atoms with E-state index in [-0.39, 0.29) is 25.3 Å². The first-order valence-electron chi connectivity index (χ1n) is 10.3. The monoisotopic (exact) mass is 419 g/mol. The quantitative estimate of drug-likeness (QED) is 0.544. The topological polar surface area (TPSA) is 113 Å². The predicted molar refractivity (Wildman–Crippen MR) is 118 cm³/mol. The molecule has 1 aliphatic rings. The van der Waals surface area contributed by atoms with Crippen molar-refractivity contribution in [3.8, 4) is 0 Å². The largest absolute Gasteiger partial charge is 0.391 e. The highest BCUT2D eigenvalue weighted by atomic mass is 16.3. The van der Waals surface area contributed by atoms with Gasteiger partial charge >= 0.3 is 0 Å². The summed E-state index contributed by atoms with van der Waals surface area (Å²) in [4.78, 5) is 38.4. The normalized spacial score (nSPS) is 19.5. The van der Waals surface area contributed by atoms with Crippen LogP contribution in [-0.2, 0) is 20.8 Å². The van der Waals surface area contributed by atoms with Crippen molar-refractivity contribution in [1.29, 1.82) is 0 Å². The third-order valence-corrected chi connectivity index (χ3v) is 5.94. The Morgan fingerprint density at radius 2 is 1.68 bits per heavy atom. The van der Waals surface area contributed by atoms with Gasteiger partial charge in [0, 0.05) is 26.3 Å². The Hall–Kier alpha value is -3.45. The van der Waals surface area contributed by atoms with E-state index in [1.165, 1.54) is 11.8 Å². The first-order chi connectivity index (χ1) is 14.8. The molecule has 7 nitrogen and oxygen atoms in total. The molecule has 0 saturated carbocycles. The van der Waals surface area contributed by atoms with Gasteiger partial charge in [-0.05, 0) is 33.2 Å². The number of amides is 3. The van der Waals surface area contributed by atoms with Crippen LogP contribution in [0.15, 0.2) is 54.6 Å². The number of hydrogen-bond acceptors (Lipinski definition) is 4. The number of aliphatic hydroxyl groups is 1. The number of primary amides is 1. The predicted octanol–water partition coefficient (Wildman–Crippen LogP) is 1.49. The number of carbonyl (C=O) groups excluding carboxylic acids is 3. The number of β-amino-alcohol motifs (C(OH)–C–C–N with tert-alkyl or cyclic N) is 1. The number of fused-ring (bicyclic) bond motifs is 2. The first kappa shape index (κ1) is 20.8. The van der Waals surface area contributed by atoms with Gasteiger partial charge in [0.1, 0.15) is 12.1 Å². The van der Waals surface area contributed by atoms with Crippen molar-refractivity contribution in [3.63, 3.8) is 0 Å². The van der Waals surface area contributed by atoms with Gasteiger partial charge in [-0.2, -0.15) is 0 Å². The van der Waals surface area contributed by atoms with Crippen LogP contribution in [-0.4, -0.2) is 52.5 Å². The van der Waals surface area contributed by atoms with Crippen LogP contribution in [0.5, 0.6) is 0 Å². The number of carbonyl (C=O) groups is 3. The molecule has 0 aliphatic carbocycles. The summed E-state index contributed by atoms with van der Waals surface area (Å²) in [6.45, 7) is 1.45. The average Bonchev–Trinajstić information content (AvgIpc) is 3.15. The van der Waals surface area contributed by atoms with Gasteiger partial charge < -0.3 is 21.1 Å². The average molecular weight is 419 g/mol. The number of aliphatic hydroxyl groups excluding tert-OH is 1. The molecule has 0 aromatic heterocycles. The van der Waals surface area contributed by atoms with Crippen molar-refractivity contribution in [2.75, 3.05) is 6.54 Å². The van der Waals surface area contributed by atoms with Crippen LogP contribution in [0.2, 0.25) is 0 Å². The molecule has 3 atom stereocenters. The molecule has 160 valence electrons. The lowest BCUT2D eigenvalue weighted by Crippen LogP contribution is -2.52. The number of hydrogen-bond donors (Lipinski definition) is 3. The summed E-state index contributed by atoms with van der Waals surface area (Å²) < 4.78 is 0. The van der Waals surface area contributed by atoms with E-state index < -0.39 is 30.0 Å². The Morgan fingerprint density at radius 3 is 2.23 bits per heavy atom. The SMILES string of the molecule is CC(=O)N1C[C@H](O)C[C@H]1C(=O)N[C@H](Cc1c2ccccc2cc2ccccc12)C(N)=O. The van der Waals surface area contributed by atoms with Crippen molar-refractivity contribution in [2.24, 2.45) is 5.73 Å². The van der Waals surface area contributed by atoms with E-state index in [2.05, 4.69) is 11.4 Å². The number of nitrogens with zero attached hydrogens (tertiary/aromatic N) is 1. The number of nitrogens with one attached hydrogen (secondary N) is 1. The Bertz CT molecular complexity index is 1120. The molecular weight excluding hydrogens is 394 g/mol. The van der Waals surface area contributed by atoms with Crippen molar-refractivity contribution in [3.05, 3.63) is 60.2 Å². The second-order valence-corrected chi connectivity index (χ2v) is 8.04. The maximum atomic E-state index is 12.9. The molecule has 7 heteroatoms. The van der Waals surface area contributed by atoms with Gasteiger partial charge in [-0.15, -0.1) is 0 Å². The summed E-state index contributed by atoms with van der Waals surface area (Å²) in [6, 6.07) is 16.1. The molecule has 0 spiro atoms. The smallest absolute Gasteiger partial charge is 0.243 e. The van der Waals surface area contributed by atoms with Gasteiger partial charge in [0.15, 0.2) is 0 Å². The molecule has 1 fully saturated rings. The van der Waals surface area contributed by atoms with E-state index >= 15 is 0 Å². The highest BCUT2D eigenvalue weighted by molar-refractivity contribution is 6.03. The van der Waals surface area contributed by atoms with Crippen LogP contribution in [0.1, 0.15) is 18.9 Å². The molecule has 0 unspecified atom stereocenters. The summed E-state index contributed by atoms with van der Waals surface area (Å²) >= 11 is 0. The lowest BCUT2D eigenvalue weighted by molar-refractivity contribution is -0.138. The second-order valence-electron chi connectivity index (χ2n) is 8.04. The van der Waals surface area contributed by atoms with E-state index in [0.29, 0.717) is 0 Å². The number of benzene rings is 3. The minimum atomic E-state index is -0.951. The maximum absolute atomic E-state index is 12.9. The molecule has 3 amide bonds. The standard InChI is InChI=1S/C24H25N3O4/c1-14(28)27-13-17(29)11-22(27)24(31)26-21(23(25)30)12-20-18-8-4-2-6-15(18)10-16-7-3-5-9-19(16)20/h2-10,17,21-22,29H,11-13H2,1H3,(H2,25,30)(H,26,31)/t17-,21-,22+/m1/s1. The molecule has 0 bridgehead atoms. The molecular formula is C24H25N3O4. The van der Waals surface area contributed by atoms with Crippen LogP contribution >= 0.6 is 0 Å². The van der Waals surface area contributed by atoms with E-state index in [0.717, 1.165) is 27.1 Å². The summed E-state index contributed by atoms with van der Waals surface area (Å²) in [6.07, 6.45) is -0.416. The van der Waals surface area contributed by atoms with E-state index in [9.17, 15) is 19.5 Å². The van der Waals surface area contributed by atoms with Crippen molar-refractivity contribution in [1.82, 2.24) is 10.2 Å². The van der Waals surface area contributed by atoms with Crippen LogP contribution in [0.4, 0.5) is 0 Å². The molecule has 1 heterocycles. The van der Waals surface area contributed by atoms with E-state index in [1.54, 1.807) is 0 Å². The van der Waals surface area contributed by atoms with Crippen LogP contribution in [0.3, 0.4) is 0 Å². The highest BCUT2D eigenvalue weighted by Gasteiger charge is 2.38. The third kappa shape index (κ3) is 4.09. The van der Waals surface area contributed by atoms with Crippen molar-refractivity contribution >= 4 is 39.3 Å². The number of likely N-dealkylation sites (tertiary alicyclic amines) is 1. The molecule has 4 rings (SSSR count). The Kier molecular flexibility index (Phi) is 5.61. The highest BCUT2D eigenvalue weighted by Crippen LogP contribution is 2.29. The summed E-state index contributed by atoms with van der Waals surface area (Å²) in [5, 5.41) is 16.7. The zero-order valence-corrected chi connectivity index (χ0v) is 17.2. The minimum absolute atomic E-state index is 0.0998. The summed E-state index contributed by atoms with van der Waals surface area (Å²) in [5.41, 5.74) is 6.58. The summed E-state index contributed by atoms with van der Waals surface area (Å²) in [5.74, 6) is -1.44. The molecule has 0 radical (unpaired) electrons. The molecule has 1 aliphatic heterocycles. The van der Waals surface area contributed by atoms with Gasteiger partial charge in [-0.25, -0.2) is 0 Å². The zero-order chi connectivity index (χ0) is 22.1.